The number of anilines is 1. The van der Waals surface area contributed by atoms with Crippen molar-refractivity contribution in [2.45, 2.75) is 37.8 Å². The highest BCUT2D eigenvalue weighted by Crippen LogP contribution is 2.50. The second kappa shape index (κ2) is 11.0. The third-order valence-electron chi connectivity index (χ3n) is 6.75. The number of para-hydroxylation sites is 1. The van der Waals surface area contributed by atoms with Gasteiger partial charge in [0.25, 0.3) is 5.91 Å². The van der Waals surface area contributed by atoms with Crippen molar-refractivity contribution in [3.63, 3.8) is 0 Å². The highest BCUT2D eigenvalue weighted by molar-refractivity contribution is 6.09. The van der Waals surface area contributed by atoms with E-state index >= 15 is 0 Å². The van der Waals surface area contributed by atoms with Crippen molar-refractivity contribution in [1.82, 2.24) is 0 Å². The molecule has 0 unspecified atom stereocenters. The number of ether oxygens (including phenoxy) is 2. The molecule has 5 rings (SSSR count). The second-order valence-corrected chi connectivity index (χ2v) is 9.32. The van der Waals surface area contributed by atoms with E-state index in [1.54, 1.807) is 0 Å². The van der Waals surface area contributed by atoms with E-state index in [-0.39, 0.29) is 12.5 Å². The van der Waals surface area contributed by atoms with E-state index in [9.17, 15) is 4.79 Å². The largest absolute Gasteiger partial charge is 0.494 e. The standard InChI is InChI=1S/C31H32N2O4/c1-2-20-33-27-14-7-6-13-26(27)28-31(30(33)35,19-8-12-23-10-4-3-5-11-23)32-29(37-28)24-15-17-25(18-16-24)36-22-9-21-34/h3-8,10-18,28,34H,2,9,19-22H2,1H3/b12-8+/t28-,31-/m1/s1. The van der Waals surface area contributed by atoms with Crippen LogP contribution in [0.4, 0.5) is 5.69 Å². The summed E-state index contributed by atoms with van der Waals surface area (Å²) in [5, 5.41) is 8.98. The molecule has 6 heteroatoms. The summed E-state index contributed by atoms with van der Waals surface area (Å²) in [5.74, 6) is 1.14. The zero-order valence-electron chi connectivity index (χ0n) is 21.0. The van der Waals surface area contributed by atoms with E-state index in [1.165, 1.54) is 0 Å². The van der Waals surface area contributed by atoms with Crippen molar-refractivity contribution < 1.29 is 19.4 Å². The first-order valence-electron chi connectivity index (χ1n) is 12.9. The number of aliphatic hydroxyl groups is 1. The number of aliphatic imine (C=N–C) groups is 1. The normalized spacial score (nSPS) is 20.4. The summed E-state index contributed by atoms with van der Waals surface area (Å²) in [6, 6.07) is 25.6. The monoisotopic (exact) mass is 496 g/mol. The van der Waals surface area contributed by atoms with Gasteiger partial charge in [0.1, 0.15) is 5.75 Å². The molecule has 0 saturated heterocycles. The van der Waals surface area contributed by atoms with Crippen molar-refractivity contribution in [2.75, 3.05) is 24.7 Å². The lowest BCUT2D eigenvalue weighted by molar-refractivity contribution is -0.127. The maximum absolute atomic E-state index is 14.2. The maximum Gasteiger partial charge on any atom is 0.259 e. The summed E-state index contributed by atoms with van der Waals surface area (Å²) in [4.78, 5) is 21.1. The Morgan fingerprint density at radius 3 is 2.57 bits per heavy atom. The predicted octanol–water partition coefficient (Wildman–Crippen LogP) is 5.56. The van der Waals surface area contributed by atoms with E-state index in [4.69, 9.17) is 19.6 Å². The molecule has 2 aliphatic rings. The number of nitrogens with zero attached hydrogens (tertiary/aromatic N) is 2. The van der Waals surface area contributed by atoms with Crippen LogP contribution in [0.1, 0.15) is 49.0 Å². The number of carbonyl (C=O) groups is 1. The van der Waals surface area contributed by atoms with E-state index < -0.39 is 11.6 Å². The van der Waals surface area contributed by atoms with Gasteiger partial charge in [-0.1, -0.05) is 67.6 Å². The van der Waals surface area contributed by atoms with Crippen molar-refractivity contribution in [3.05, 3.63) is 102 Å². The van der Waals surface area contributed by atoms with Crippen LogP contribution in [0.15, 0.2) is 89.9 Å². The lowest BCUT2D eigenvalue weighted by Crippen LogP contribution is -2.54. The molecule has 3 aromatic rings. The SMILES string of the molecule is CCCN1C(=O)[C@]2(C/C=C/c3ccccc3)N=C(c3ccc(OCCCO)cc3)O[C@@H]2c2ccccc21. The van der Waals surface area contributed by atoms with Gasteiger partial charge in [-0.3, -0.25) is 4.79 Å². The average molecular weight is 497 g/mol. The smallest absolute Gasteiger partial charge is 0.259 e. The number of fused-ring (bicyclic) bond motifs is 3. The molecule has 2 aliphatic heterocycles. The topological polar surface area (TPSA) is 71.4 Å². The van der Waals surface area contributed by atoms with Crippen LogP contribution in [0.25, 0.3) is 6.08 Å². The zero-order chi connectivity index (χ0) is 25.7. The molecule has 3 aromatic carbocycles. The van der Waals surface area contributed by atoms with Crippen LogP contribution in [0, 0.1) is 0 Å². The first-order chi connectivity index (χ1) is 18.2. The van der Waals surface area contributed by atoms with Crippen LogP contribution in [-0.2, 0) is 9.53 Å². The number of hydrogen-bond acceptors (Lipinski definition) is 5. The molecule has 37 heavy (non-hydrogen) atoms. The number of benzene rings is 3. The van der Waals surface area contributed by atoms with E-state index in [2.05, 4.69) is 6.92 Å². The van der Waals surface area contributed by atoms with Gasteiger partial charge in [0.05, 0.1) is 12.3 Å². The third kappa shape index (κ3) is 4.89. The van der Waals surface area contributed by atoms with Crippen molar-refractivity contribution in [3.8, 4) is 5.75 Å². The van der Waals surface area contributed by atoms with Crippen LogP contribution in [0.5, 0.6) is 5.75 Å². The summed E-state index contributed by atoms with van der Waals surface area (Å²) in [5.41, 5.74) is 2.66. The molecule has 0 aromatic heterocycles. The van der Waals surface area contributed by atoms with E-state index in [1.807, 2.05) is 95.9 Å². The minimum atomic E-state index is -1.08. The molecule has 0 saturated carbocycles. The van der Waals surface area contributed by atoms with Gasteiger partial charge in [-0.15, -0.1) is 0 Å². The van der Waals surface area contributed by atoms with Gasteiger partial charge in [0, 0.05) is 37.1 Å². The van der Waals surface area contributed by atoms with Crippen LogP contribution >= 0.6 is 0 Å². The predicted molar refractivity (Wildman–Crippen MR) is 146 cm³/mol. The van der Waals surface area contributed by atoms with Crippen molar-refractivity contribution in [2.24, 2.45) is 4.99 Å². The van der Waals surface area contributed by atoms with Gasteiger partial charge in [0.2, 0.25) is 5.90 Å². The molecule has 0 spiro atoms. The first kappa shape index (κ1) is 24.8. The summed E-state index contributed by atoms with van der Waals surface area (Å²) < 4.78 is 12.2. The van der Waals surface area contributed by atoms with Gasteiger partial charge < -0.3 is 19.5 Å². The zero-order valence-corrected chi connectivity index (χ0v) is 21.0. The van der Waals surface area contributed by atoms with Crippen molar-refractivity contribution >= 4 is 23.6 Å². The van der Waals surface area contributed by atoms with Gasteiger partial charge >= 0.3 is 0 Å². The molecule has 2 heterocycles. The quantitative estimate of drug-likeness (QED) is 0.373. The average Bonchev–Trinajstić information content (AvgIpc) is 3.33. The Morgan fingerprint density at radius 2 is 1.81 bits per heavy atom. The maximum atomic E-state index is 14.2. The highest BCUT2D eigenvalue weighted by Gasteiger charge is 2.57. The summed E-state index contributed by atoms with van der Waals surface area (Å²) in [7, 11) is 0. The van der Waals surface area contributed by atoms with E-state index in [0.717, 1.165) is 28.8 Å². The summed E-state index contributed by atoms with van der Waals surface area (Å²) >= 11 is 0. The Morgan fingerprint density at radius 1 is 1.05 bits per heavy atom. The minimum absolute atomic E-state index is 0.0327. The number of carbonyl (C=O) groups excluding carboxylic acids is 1. The lowest BCUT2D eigenvalue weighted by Gasteiger charge is -2.41. The number of amides is 1. The Balaban J connectivity index is 1.52. The molecular formula is C31H32N2O4. The summed E-state index contributed by atoms with van der Waals surface area (Å²) in [6.07, 6.45) is 5.40. The number of hydrogen-bond donors (Lipinski definition) is 1. The van der Waals surface area contributed by atoms with Gasteiger partial charge in [-0.05, 0) is 42.3 Å². The molecule has 1 amide bonds. The Labute approximate surface area is 217 Å². The molecular weight excluding hydrogens is 464 g/mol. The van der Waals surface area contributed by atoms with E-state index in [0.29, 0.717) is 37.6 Å². The van der Waals surface area contributed by atoms with Crippen molar-refractivity contribution in [1.29, 1.82) is 0 Å². The molecule has 6 nitrogen and oxygen atoms in total. The first-order valence-corrected chi connectivity index (χ1v) is 12.9. The van der Waals surface area contributed by atoms with Gasteiger partial charge in [-0.2, -0.15) is 0 Å². The Bertz CT molecular complexity index is 1290. The molecule has 0 radical (unpaired) electrons. The molecule has 2 atom stereocenters. The molecule has 190 valence electrons. The minimum Gasteiger partial charge on any atom is -0.494 e. The second-order valence-electron chi connectivity index (χ2n) is 9.32. The number of aliphatic hydroxyl groups excluding tert-OH is 1. The molecule has 0 fully saturated rings. The Hall–Kier alpha value is -3.90. The van der Waals surface area contributed by atoms with Gasteiger partial charge in [0.15, 0.2) is 11.6 Å². The fourth-order valence-corrected chi connectivity index (χ4v) is 4.96. The third-order valence-corrected chi connectivity index (χ3v) is 6.75. The summed E-state index contributed by atoms with van der Waals surface area (Å²) in [6.45, 7) is 3.24. The Kier molecular flexibility index (Phi) is 7.37. The lowest BCUT2D eigenvalue weighted by atomic mass is 9.79. The van der Waals surface area contributed by atoms with Gasteiger partial charge in [-0.25, -0.2) is 4.99 Å². The fourth-order valence-electron chi connectivity index (χ4n) is 4.96. The fraction of sp³-hybridized carbons (Fsp3) is 0.290. The van der Waals surface area contributed by atoms with Crippen LogP contribution < -0.4 is 9.64 Å². The van der Waals surface area contributed by atoms with Crippen LogP contribution in [0.3, 0.4) is 0 Å². The molecule has 0 aliphatic carbocycles. The van der Waals surface area contributed by atoms with Crippen LogP contribution in [-0.4, -0.2) is 42.2 Å². The number of rotatable bonds is 10. The highest BCUT2D eigenvalue weighted by atomic mass is 16.5. The molecule has 0 bridgehead atoms. The molecule has 1 N–H and O–H groups in total. The van der Waals surface area contributed by atoms with Crippen LogP contribution in [0.2, 0.25) is 0 Å².